The molecule has 0 bridgehead atoms. The summed E-state index contributed by atoms with van der Waals surface area (Å²) in [5.74, 6) is 0.318. The summed E-state index contributed by atoms with van der Waals surface area (Å²) in [5.41, 5.74) is 2.58. The third kappa shape index (κ3) is 5.28. The summed E-state index contributed by atoms with van der Waals surface area (Å²) in [6.45, 7) is 5.38. The van der Waals surface area contributed by atoms with Crippen molar-refractivity contribution in [3.63, 3.8) is 0 Å². The Morgan fingerprint density at radius 1 is 1.21 bits per heavy atom. The minimum Gasteiger partial charge on any atom is -0.435 e. The lowest BCUT2D eigenvalue weighted by molar-refractivity contribution is 0.192. The molecule has 2 heterocycles. The Morgan fingerprint density at radius 2 is 1.97 bits per heavy atom. The van der Waals surface area contributed by atoms with Gasteiger partial charge in [0.05, 0.1) is 17.8 Å². The molecule has 0 spiro atoms. The molecule has 1 aliphatic rings. The molecule has 2 aromatic carbocycles. The fourth-order valence-corrected chi connectivity index (χ4v) is 3.63. The van der Waals surface area contributed by atoms with Gasteiger partial charge >= 0.3 is 6.03 Å². The summed E-state index contributed by atoms with van der Waals surface area (Å²) in [5, 5.41) is 2.79. The summed E-state index contributed by atoms with van der Waals surface area (Å²) in [7, 11) is 1.90. The first-order chi connectivity index (χ1) is 16.0. The number of halogens is 1. The molecule has 4 rings (SSSR count). The SMILES string of the molecule is C=CCNC(=O)N1CCc2nc(N(C)Cc3ccccc3)nc(Oc3ccccc3F)c2C1. The molecule has 0 aliphatic carbocycles. The van der Waals surface area contributed by atoms with Crippen LogP contribution in [0.4, 0.5) is 15.1 Å². The molecule has 2 amide bonds. The van der Waals surface area contributed by atoms with Crippen LogP contribution in [0.25, 0.3) is 0 Å². The third-order valence-electron chi connectivity index (χ3n) is 5.34. The van der Waals surface area contributed by atoms with E-state index >= 15 is 0 Å². The second-order valence-corrected chi connectivity index (χ2v) is 7.77. The van der Waals surface area contributed by atoms with Crippen LogP contribution in [0.15, 0.2) is 67.3 Å². The van der Waals surface area contributed by atoms with Gasteiger partial charge < -0.3 is 19.9 Å². The van der Waals surface area contributed by atoms with Crippen molar-refractivity contribution in [1.82, 2.24) is 20.2 Å². The van der Waals surface area contributed by atoms with Crippen molar-refractivity contribution in [3.05, 3.63) is 89.9 Å². The molecule has 7 nitrogen and oxygen atoms in total. The van der Waals surface area contributed by atoms with Crippen LogP contribution < -0.4 is 15.0 Å². The number of rotatable bonds is 7. The molecule has 0 atom stereocenters. The Balaban J connectivity index is 1.66. The van der Waals surface area contributed by atoms with Crippen LogP contribution in [0.2, 0.25) is 0 Å². The number of ether oxygens (including phenoxy) is 1. The van der Waals surface area contributed by atoms with E-state index in [1.807, 2.05) is 42.3 Å². The molecule has 0 radical (unpaired) electrons. The zero-order chi connectivity index (χ0) is 23.2. The number of para-hydroxylation sites is 1. The third-order valence-corrected chi connectivity index (χ3v) is 5.34. The zero-order valence-corrected chi connectivity index (χ0v) is 18.5. The van der Waals surface area contributed by atoms with Crippen LogP contribution in [0.5, 0.6) is 11.6 Å². The van der Waals surface area contributed by atoms with Gasteiger partial charge in [-0.05, 0) is 17.7 Å². The van der Waals surface area contributed by atoms with E-state index in [4.69, 9.17) is 9.72 Å². The standard InChI is InChI=1S/C25H26FN5O2/c1-3-14-27-25(32)31-15-13-21-19(17-31)23(33-22-12-8-7-11-20(22)26)29-24(28-21)30(2)16-18-9-5-4-6-10-18/h3-12H,1,13-17H2,2H3,(H,27,32). The normalized spacial score (nSPS) is 12.6. The monoisotopic (exact) mass is 447 g/mol. The molecular formula is C25H26FN5O2. The fourth-order valence-electron chi connectivity index (χ4n) is 3.63. The van der Waals surface area contributed by atoms with Crippen molar-refractivity contribution in [2.75, 3.05) is 25.0 Å². The van der Waals surface area contributed by atoms with Gasteiger partial charge in [0.1, 0.15) is 0 Å². The number of benzene rings is 2. The number of carbonyl (C=O) groups excluding carboxylic acids is 1. The van der Waals surface area contributed by atoms with E-state index in [0.717, 1.165) is 11.3 Å². The topological polar surface area (TPSA) is 70.6 Å². The first-order valence-electron chi connectivity index (χ1n) is 10.8. The molecule has 0 unspecified atom stereocenters. The highest BCUT2D eigenvalue weighted by atomic mass is 19.1. The van der Waals surface area contributed by atoms with Crippen LogP contribution in [0.1, 0.15) is 16.8 Å². The molecule has 170 valence electrons. The number of anilines is 1. The second kappa shape index (κ2) is 10.1. The van der Waals surface area contributed by atoms with Gasteiger partial charge in [0.25, 0.3) is 0 Å². The summed E-state index contributed by atoms with van der Waals surface area (Å²) >= 11 is 0. The van der Waals surface area contributed by atoms with E-state index in [9.17, 15) is 9.18 Å². The van der Waals surface area contributed by atoms with Crippen molar-refractivity contribution in [2.45, 2.75) is 19.5 Å². The molecule has 1 aliphatic heterocycles. The maximum absolute atomic E-state index is 14.3. The lowest BCUT2D eigenvalue weighted by Gasteiger charge is -2.30. The minimum atomic E-state index is -0.486. The maximum Gasteiger partial charge on any atom is 0.317 e. The highest BCUT2D eigenvalue weighted by Gasteiger charge is 2.27. The summed E-state index contributed by atoms with van der Waals surface area (Å²) < 4.78 is 20.3. The molecular weight excluding hydrogens is 421 g/mol. The predicted molar refractivity (Wildman–Crippen MR) is 125 cm³/mol. The number of aromatic nitrogens is 2. The maximum atomic E-state index is 14.3. The smallest absolute Gasteiger partial charge is 0.317 e. The predicted octanol–water partition coefficient (Wildman–Crippen LogP) is 4.30. The largest absolute Gasteiger partial charge is 0.435 e. The van der Waals surface area contributed by atoms with Gasteiger partial charge in [-0.1, -0.05) is 48.5 Å². The Morgan fingerprint density at radius 3 is 2.73 bits per heavy atom. The first kappa shape index (κ1) is 22.3. The number of nitrogens with one attached hydrogen (secondary N) is 1. The lowest BCUT2D eigenvalue weighted by atomic mass is 10.1. The Labute approximate surface area is 192 Å². The number of fused-ring (bicyclic) bond motifs is 1. The van der Waals surface area contributed by atoms with E-state index in [1.165, 1.54) is 6.07 Å². The van der Waals surface area contributed by atoms with E-state index in [0.29, 0.717) is 37.6 Å². The van der Waals surface area contributed by atoms with Gasteiger partial charge in [-0.25, -0.2) is 14.2 Å². The first-order valence-corrected chi connectivity index (χ1v) is 10.8. The number of hydrogen-bond acceptors (Lipinski definition) is 5. The Hall–Kier alpha value is -3.94. The molecule has 1 N–H and O–H groups in total. The summed E-state index contributed by atoms with van der Waals surface area (Å²) in [4.78, 5) is 25.5. The molecule has 0 saturated carbocycles. The summed E-state index contributed by atoms with van der Waals surface area (Å²) in [6.07, 6.45) is 2.17. The van der Waals surface area contributed by atoms with Gasteiger partial charge in [-0.3, -0.25) is 0 Å². The number of urea groups is 1. The number of hydrogen-bond donors (Lipinski definition) is 1. The number of carbonyl (C=O) groups is 1. The molecule has 0 fully saturated rings. The second-order valence-electron chi connectivity index (χ2n) is 7.77. The minimum absolute atomic E-state index is 0.0725. The van der Waals surface area contributed by atoms with Gasteiger partial charge in [-0.15, -0.1) is 6.58 Å². The van der Waals surface area contributed by atoms with Gasteiger partial charge in [0, 0.05) is 33.1 Å². The fraction of sp³-hybridized carbons (Fsp3) is 0.240. The van der Waals surface area contributed by atoms with Crippen molar-refractivity contribution in [2.24, 2.45) is 0 Å². The van der Waals surface area contributed by atoms with Crippen LogP contribution in [-0.2, 0) is 19.5 Å². The van der Waals surface area contributed by atoms with Crippen LogP contribution in [0, 0.1) is 5.82 Å². The Kier molecular flexibility index (Phi) is 6.83. The van der Waals surface area contributed by atoms with Crippen molar-refractivity contribution < 1.29 is 13.9 Å². The molecule has 33 heavy (non-hydrogen) atoms. The van der Waals surface area contributed by atoms with E-state index in [1.54, 1.807) is 29.2 Å². The quantitative estimate of drug-likeness (QED) is 0.547. The number of amides is 2. The van der Waals surface area contributed by atoms with Gasteiger partial charge in [0.2, 0.25) is 11.8 Å². The average molecular weight is 448 g/mol. The van der Waals surface area contributed by atoms with Crippen molar-refractivity contribution in [1.29, 1.82) is 0 Å². The van der Waals surface area contributed by atoms with Gasteiger partial charge in [0.15, 0.2) is 11.6 Å². The van der Waals surface area contributed by atoms with E-state index in [-0.39, 0.29) is 24.2 Å². The molecule has 1 aromatic heterocycles. The molecule has 3 aromatic rings. The Bertz CT molecular complexity index is 1140. The molecule has 8 heteroatoms. The zero-order valence-electron chi connectivity index (χ0n) is 18.5. The molecule has 0 saturated heterocycles. The highest BCUT2D eigenvalue weighted by Crippen LogP contribution is 2.32. The average Bonchev–Trinajstić information content (AvgIpc) is 2.84. The van der Waals surface area contributed by atoms with E-state index < -0.39 is 5.82 Å². The van der Waals surface area contributed by atoms with Gasteiger partial charge in [-0.2, -0.15) is 4.98 Å². The summed E-state index contributed by atoms with van der Waals surface area (Å²) in [6, 6.07) is 16.0. The van der Waals surface area contributed by atoms with Crippen LogP contribution in [0.3, 0.4) is 0 Å². The van der Waals surface area contributed by atoms with E-state index in [2.05, 4.69) is 16.9 Å². The van der Waals surface area contributed by atoms with Crippen molar-refractivity contribution >= 4 is 12.0 Å². The highest BCUT2D eigenvalue weighted by molar-refractivity contribution is 5.74. The van der Waals surface area contributed by atoms with Crippen LogP contribution in [-0.4, -0.2) is 41.0 Å². The lowest BCUT2D eigenvalue weighted by Crippen LogP contribution is -2.43. The van der Waals surface area contributed by atoms with Crippen molar-refractivity contribution in [3.8, 4) is 11.6 Å². The van der Waals surface area contributed by atoms with Crippen LogP contribution >= 0.6 is 0 Å². The number of nitrogens with zero attached hydrogens (tertiary/aromatic N) is 4.